The summed E-state index contributed by atoms with van der Waals surface area (Å²) >= 11 is 0. The van der Waals surface area contributed by atoms with E-state index >= 15 is 0 Å². The summed E-state index contributed by atoms with van der Waals surface area (Å²) in [7, 11) is 1.51. The van der Waals surface area contributed by atoms with Crippen molar-refractivity contribution < 1.29 is 33.6 Å². The Balaban J connectivity index is 1.82. The zero-order valence-electron chi connectivity index (χ0n) is 21.7. The predicted octanol–water partition coefficient (Wildman–Crippen LogP) is 5.11. The van der Waals surface area contributed by atoms with Gasteiger partial charge in [-0.3, -0.25) is 4.79 Å². The average molecular weight is 512 g/mol. The van der Waals surface area contributed by atoms with Gasteiger partial charge in [0.2, 0.25) is 0 Å². The van der Waals surface area contributed by atoms with Gasteiger partial charge in [-0.05, 0) is 43.5 Å². The molecule has 8 heteroatoms. The minimum absolute atomic E-state index is 0.0792. The lowest BCUT2D eigenvalue weighted by molar-refractivity contribution is -0.211. The number of rotatable bonds is 15. The van der Waals surface area contributed by atoms with Crippen LogP contribution in [0.15, 0.2) is 55.1 Å². The Morgan fingerprint density at radius 3 is 2.46 bits per heavy atom. The van der Waals surface area contributed by atoms with Gasteiger partial charge in [-0.1, -0.05) is 37.6 Å². The van der Waals surface area contributed by atoms with E-state index in [1.807, 2.05) is 42.2 Å². The molecule has 1 unspecified atom stereocenters. The molecule has 1 aliphatic rings. The fourth-order valence-electron chi connectivity index (χ4n) is 4.38. The van der Waals surface area contributed by atoms with E-state index in [2.05, 4.69) is 6.58 Å². The van der Waals surface area contributed by atoms with Crippen molar-refractivity contribution in [3.05, 3.63) is 66.2 Å². The number of nitrogens with zero attached hydrogens (tertiary/aromatic N) is 1. The molecular formula is C29H37NO7. The third kappa shape index (κ3) is 7.04. The van der Waals surface area contributed by atoms with Crippen LogP contribution in [0, 0.1) is 0 Å². The second-order valence-corrected chi connectivity index (χ2v) is 8.89. The van der Waals surface area contributed by atoms with Gasteiger partial charge in [0.15, 0.2) is 0 Å². The molecule has 0 saturated carbocycles. The second-order valence-electron chi connectivity index (χ2n) is 8.89. The van der Waals surface area contributed by atoms with Gasteiger partial charge in [0.05, 0.1) is 25.9 Å². The lowest BCUT2D eigenvalue weighted by Crippen LogP contribution is -2.47. The number of benzene rings is 2. The van der Waals surface area contributed by atoms with Crippen molar-refractivity contribution in [2.45, 2.75) is 51.2 Å². The average Bonchev–Trinajstić information content (AvgIpc) is 3.44. The SMILES string of the molecule is C=CCC(OCCCOc1ccccc1)(Oc1ccc(C(=O)N2CCCC2)c(OC)c1CCC)C(=O)O. The van der Waals surface area contributed by atoms with Crippen molar-refractivity contribution in [3.63, 3.8) is 0 Å². The third-order valence-corrected chi connectivity index (χ3v) is 6.19. The monoisotopic (exact) mass is 511 g/mol. The maximum atomic E-state index is 13.2. The Labute approximate surface area is 218 Å². The fourth-order valence-corrected chi connectivity index (χ4v) is 4.38. The number of carbonyl (C=O) groups is 2. The molecule has 37 heavy (non-hydrogen) atoms. The number of carboxylic acid groups (broad SMARTS) is 1. The van der Waals surface area contributed by atoms with Gasteiger partial charge in [-0.25, -0.2) is 4.79 Å². The van der Waals surface area contributed by atoms with E-state index in [0.29, 0.717) is 55.2 Å². The highest BCUT2D eigenvalue weighted by Gasteiger charge is 2.42. The predicted molar refractivity (Wildman–Crippen MR) is 140 cm³/mol. The van der Waals surface area contributed by atoms with Crippen molar-refractivity contribution >= 4 is 11.9 Å². The first-order valence-corrected chi connectivity index (χ1v) is 12.8. The van der Waals surface area contributed by atoms with E-state index in [-0.39, 0.29) is 18.9 Å². The maximum Gasteiger partial charge on any atom is 0.377 e. The van der Waals surface area contributed by atoms with Crippen molar-refractivity contribution in [2.75, 3.05) is 33.4 Å². The molecule has 1 aliphatic heterocycles. The van der Waals surface area contributed by atoms with Crippen LogP contribution in [0.4, 0.5) is 0 Å². The van der Waals surface area contributed by atoms with E-state index in [1.54, 1.807) is 12.1 Å². The largest absolute Gasteiger partial charge is 0.495 e. The minimum atomic E-state index is -1.98. The first-order valence-electron chi connectivity index (χ1n) is 12.8. The Bertz CT molecular complexity index is 1050. The summed E-state index contributed by atoms with van der Waals surface area (Å²) in [5, 5.41) is 10.2. The topological polar surface area (TPSA) is 94.5 Å². The Morgan fingerprint density at radius 1 is 1.11 bits per heavy atom. The summed E-state index contributed by atoms with van der Waals surface area (Å²) < 4.78 is 23.3. The number of para-hydroxylation sites is 1. The Morgan fingerprint density at radius 2 is 1.84 bits per heavy atom. The first kappa shape index (κ1) is 28.1. The number of hydrogen-bond acceptors (Lipinski definition) is 6. The molecule has 1 heterocycles. The first-order chi connectivity index (χ1) is 18.0. The standard InChI is InChI=1S/C29H37NO7/c1-4-12-23-25(16-15-24(26(23)34-3)27(31)30-18-9-10-19-30)37-29(17-5-2,28(32)33)36-21-11-20-35-22-13-7-6-8-14-22/h5-8,13-16H,2,4,9-12,17-21H2,1,3H3,(H,32,33). The molecule has 200 valence electrons. The van der Waals surface area contributed by atoms with Crippen molar-refractivity contribution in [3.8, 4) is 17.2 Å². The highest BCUT2D eigenvalue weighted by atomic mass is 16.7. The smallest absolute Gasteiger partial charge is 0.377 e. The molecule has 0 aliphatic carbocycles. The van der Waals surface area contributed by atoms with E-state index in [0.717, 1.165) is 25.0 Å². The van der Waals surface area contributed by atoms with Crippen LogP contribution in [-0.2, 0) is 16.0 Å². The van der Waals surface area contributed by atoms with Gasteiger partial charge in [0.1, 0.15) is 17.2 Å². The number of hydrogen-bond donors (Lipinski definition) is 1. The third-order valence-electron chi connectivity index (χ3n) is 6.19. The van der Waals surface area contributed by atoms with E-state index in [1.165, 1.54) is 13.2 Å². The summed E-state index contributed by atoms with van der Waals surface area (Å²) in [6.07, 6.45) is 5.07. The number of methoxy groups -OCH3 is 1. The summed E-state index contributed by atoms with van der Waals surface area (Å²) in [5.41, 5.74) is 1.09. The van der Waals surface area contributed by atoms with E-state index < -0.39 is 11.8 Å². The molecule has 1 fully saturated rings. The maximum absolute atomic E-state index is 13.2. The van der Waals surface area contributed by atoms with Gasteiger partial charge in [0, 0.05) is 31.5 Å². The number of ether oxygens (including phenoxy) is 4. The Hall–Kier alpha value is -3.52. The van der Waals surface area contributed by atoms with Crippen LogP contribution in [0.25, 0.3) is 0 Å². The van der Waals surface area contributed by atoms with Gasteiger partial charge in [0.25, 0.3) is 5.91 Å². The summed E-state index contributed by atoms with van der Waals surface area (Å²) in [5.74, 6) is -1.90. The molecule has 1 atom stereocenters. The molecule has 8 nitrogen and oxygen atoms in total. The Kier molecular flexibility index (Phi) is 10.4. The van der Waals surface area contributed by atoms with Crippen LogP contribution in [-0.4, -0.2) is 61.1 Å². The highest BCUT2D eigenvalue weighted by molar-refractivity contribution is 5.98. The molecule has 1 amide bonds. The van der Waals surface area contributed by atoms with Crippen LogP contribution in [0.1, 0.15) is 54.9 Å². The molecule has 1 N–H and O–H groups in total. The van der Waals surface area contributed by atoms with Gasteiger partial charge in [-0.2, -0.15) is 0 Å². The molecule has 0 aromatic heterocycles. The van der Waals surface area contributed by atoms with Crippen molar-refractivity contribution in [1.82, 2.24) is 4.90 Å². The minimum Gasteiger partial charge on any atom is -0.495 e. The number of aliphatic carboxylic acids is 1. The number of likely N-dealkylation sites (tertiary alicyclic amines) is 1. The van der Waals surface area contributed by atoms with E-state index in [9.17, 15) is 14.7 Å². The number of carbonyl (C=O) groups excluding carboxylic acids is 1. The lowest BCUT2D eigenvalue weighted by atomic mass is 10.0. The molecule has 2 aromatic carbocycles. The van der Waals surface area contributed by atoms with Gasteiger partial charge < -0.3 is 29.0 Å². The molecular weight excluding hydrogens is 474 g/mol. The van der Waals surface area contributed by atoms with E-state index in [4.69, 9.17) is 18.9 Å². The molecule has 3 rings (SSSR count). The zero-order chi connectivity index (χ0) is 26.7. The molecule has 0 radical (unpaired) electrons. The quantitative estimate of drug-likeness (QED) is 0.202. The van der Waals surface area contributed by atoms with Crippen molar-refractivity contribution in [2.24, 2.45) is 0 Å². The molecule has 0 spiro atoms. The molecule has 2 aromatic rings. The summed E-state index contributed by atoms with van der Waals surface area (Å²) in [6, 6.07) is 12.6. The second kappa shape index (κ2) is 13.7. The van der Waals surface area contributed by atoms with Crippen LogP contribution in [0.2, 0.25) is 0 Å². The lowest BCUT2D eigenvalue weighted by Gasteiger charge is -2.31. The van der Waals surface area contributed by atoms with Gasteiger partial charge >= 0.3 is 11.8 Å². The van der Waals surface area contributed by atoms with Crippen LogP contribution in [0.5, 0.6) is 17.2 Å². The molecule has 1 saturated heterocycles. The van der Waals surface area contributed by atoms with Crippen molar-refractivity contribution in [1.29, 1.82) is 0 Å². The number of amides is 1. The van der Waals surface area contributed by atoms with Crippen LogP contribution < -0.4 is 14.2 Å². The van der Waals surface area contributed by atoms with Crippen LogP contribution in [0.3, 0.4) is 0 Å². The summed E-state index contributed by atoms with van der Waals surface area (Å²) in [4.78, 5) is 27.4. The zero-order valence-corrected chi connectivity index (χ0v) is 21.7. The molecule has 0 bridgehead atoms. The summed E-state index contributed by atoms with van der Waals surface area (Å²) in [6.45, 7) is 7.58. The highest BCUT2D eigenvalue weighted by Crippen LogP contribution is 2.37. The fraction of sp³-hybridized carbons (Fsp3) is 0.448. The van der Waals surface area contributed by atoms with Crippen LogP contribution >= 0.6 is 0 Å². The number of carboxylic acids is 1. The normalized spacial score (nSPS) is 14.6. The van der Waals surface area contributed by atoms with Gasteiger partial charge in [-0.15, -0.1) is 6.58 Å².